The van der Waals surface area contributed by atoms with E-state index in [0.717, 1.165) is 0 Å². The quantitative estimate of drug-likeness (QED) is 0.756. The van der Waals surface area contributed by atoms with Gasteiger partial charge in [-0.05, 0) is 29.3 Å². The van der Waals surface area contributed by atoms with Crippen LogP contribution in [0.2, 0.25) is 0 Å². The number of nitrogens with zero attached hydrogens (tertiary/aromatic N) is 2. The van der Waals surface area contributed by atoms with E-state index in [1.807, 2.05) is 0 Å². The molecule has 0 saturated carbocycles. The highest BCUT2D eigenvalue weighted by atomic mass is 16.5. The Hall–Kier alpha value is -2.43. The second kappa shape index (κ2) is 3.98. The molecule has 0 aliphatic carbocycles. The van der Waals surface area contributed by atoms with Crippen LogP contribution in [0.15, 0.2) is 41.3 Å². The Labute approximate surface area is 92.2 Å². The number of carbonyl (C=O) groups excluding carboxylic acids is 1. The van der Waals surface area contributed by atoms with E-state index in [4.69, 9.17) is 10.5 Å². The molecule has 0 aromatic heterocycles. The summed E-state index contributed by atoms with van der Waals surface area (Å²) < 4.78 is 6.97. The van der Waals surface area contributed by atoms with Crippen LogP contribution in [0.4, 0.5) is 0 Å². The molecule has 16 heavy (non-hydrogen) atoms. The molecule has 2 N–H and O–H groups in total. The predicted octanol–water partition coefficient (Wildman–Crippen LogP) is 0.718. The molecule has 1 aromatic carbocycles. The van der Waals surface area contributed by atoms with Crippen LogP contribution in [-0.4, -0.2) is 23.5 Å². The van der Waals surface area contributed by atoms with Crippen LogP contribution in [0.5, 0.6) is 5.75 Å². The summed E-state index contributed by atoms with van der Waals surface area (Å²) in [6, 6.07) is 6.52. The Morgan fingerprint density at radius 3 is 2.56 bits per heavy atom. The zero-order chi connectivity index (χ0) is 11.5. The van der Waals surface area contributed by atoms with Crippen LogP contribution in [0, 0.1) is 0 Å². The number of carbonyl (C=O) groups is 1. The van der Waals surface area contributed by atoms with Gasteiger partial charge in [-0.2, -0.15) is 4.58 Å². The molecule has 2 rings (SSSR count). The molecule has 0 radical (unpaired) electrons. The highest BCUT2D eigenvalue weighted by molar-refractivity contribution is 5.92. The van der Waals surface area contributed by atoms with Gasteiger partial charge >= 0.3 is 5.88 Å². The highest BCUT2D eigenvalue weighted by Gasteiger charge is 2.15. The molecule has 0 unspecified atom stereocenters. The monoisotopic (exact) mass is 216 g/mol. The number of amides is 1. The number of hydrogen-bond acceptors (Lipinski definition) is 3. The maximum absolute atomic E-state index is 10.8. The predicted molar refractivity (Wildman–Crippen MR) is 59.5 cm³/mol. The molecule has 5 heteroatoms. The van der Waals surface area contributed by atoms with Crippen LogP contribution < -0.4 is 10.5 Å². The summed E-state index contributed by atoms with van der Waals surface area (Å²) in [6.07, 6.45) is 3.09. The Bertz CT molecular complexity index is 500. The van der Waals surface area contributed by atoms with Crippen molar-refractivity contribution in [2.75, 3.05) is 0 Å². The van der Waals surface area contributed by atoms with Crippen LogP contribution in [0.1, 0.15) is 10.4 Å². The summed E-state index contributed by atoms with van der Waals surface area (Å²) in [5.74, 6) is 0.649. The summed E-state index contributed by atoms with van der Waals surface area (Å²) in [6.45, 7) is 3.68. The van der Waals surface area contributed by atoms with Gasteiger partial charge in [-0.1, -0.05) is 0 Å². The van der Waals surface area contributed by atoms with Crippen LogP contribution in [-0.2, 0) is 0 Å². The van der Waals surface area contributed by atoms with Crippen molar-refractivity contribution in [1.82, 2.24) is 0 Å². The summed E-state index contributed by atoms with van der Waals surface area (Å²) in [5, 5.41) is 0. The second-order valence-corrected chi connectivity index (χ2v) is 3.19. The minimum absolute atomic E-state index is 0.440. The first-order valence-corrected chi connectivity index (χ1v) is 4.58. The zero-order valence-electron chi connectivity index (χ0n) is 8.46. The first-order valence-electron chi connectivity index (χ1n) is 4.58. The number of primary amides is 1. The van der Waals surface area contributed by atoms with Crippen molar-refractivity contribution in [2.45, 2.75) is 0 Å². The van der Waals surface area contributed by atoms with Gasteiger partial charge in [0.05, 0.1) is 6.72 Å². The molecule has 0 spiro atoms. The lowest BCUT2D eigenvalue weighted by Gasteiger charge is -2.03. The Balaban J connectivity index is 2.12. The standard InChI is InChI=1S/C11H9N3O2/c1-14-7-13-6-10(14)16-9-4-2-8(3-5-9)11(12)15/h2-7H,1H2,(H-,12,15)/p+1. The number of rotatable bonds is 3. The van der Waals surface area contributed by atoms with Gasteiger partial charge in [-0.25, -0.2) is 0 Å². The molecular formula is C11H10N3O2+. The van der Waals surface area contributed by atoms with E-state index in [-0.39, 0.29) is 0 Å². The number of benzene rings is 1. The van der Waals surface area contributed by atoms with Gasteiger partial charge in [0.15, 0.2) is 0 Å². The highest BCUT2D eigenvalue weighted by Crippen LogP contribution is 2.16. The van der Waals surface area contributed by atoms with E-state index in [0.29, 0.717) is 17.2 Å². The molecule has 5 nitrogen and oxygen atoms in total. The topological polar surface area (TPSA) is 67.7 Å². The Kier molecular flexibility index (Phi) is 2.51. The fourth-order valence-electron chi connectivity index (χ4n) is 1.20. The lowest BCUT2D eigenvalue weighted by molar-refractivity contribution is -0.358. The van der Waals surface area contributed by atoms with Gasteiger partial charge in [0.1, 0.15) is 5.75 Å². The third-order valence-corrected chi connectivity index (χ3v) is 2.04. The van der Waals surface area contributed by atoms with Crippen molar-refractivity contribution in [1.29, 1.82) is 0 Å². The van der Waals surface area contributed by atoms with Crippen LogP contribution in [0.25, 0.3) is 0 Å². The fourth-order valence-corrected chi connectivity index (χ4v) is 1.20. The molecule has 0 saturated heterocycles. The molecular weight excluding hydrogens is 206 g/mol. The van der Waals surface area contributed by atoms with Gasteiger partial charge in [-0.3, -0.25) is 4.79 Å². The van der Waals surface area contributed by atoms with Crippen molar-refractivity contribution in [3.8, 4) is 5.75 Å². The van der Waals surface area contributed by atoms with Crippen molar-refractivity contribution in [2.24, 2.45) is 10.7 Å². The molecule has 1 amide bonds. The van der Waals surface area contributed by atoms with Gasteiger partial charge in [0.25, 0.3) is 6.34 Å². The normalized spacial score (nSPS) is 13.8. The smallest absolute Gasteiger partial charge is 0.339 e. The van der Waals surface area contributed by atoms with Crippen molar-refractivity contribution < 1.29 is 14.1 Å². The third-order valence-electron chi connectivity index (χ3n) is 2.04. The zero-order valence-corrected chi connectivity index (χ0v) is 8.46. The van der Waals surface area contributed by atoms with E-state index in [1.165, 1.54) is 10.9 Å². The summed E-state index contributed by atoms with van der Waals surface area (Å²) in [5.41, 5.74) is 5.56. The number of aliphatic imine (C=N–C) groups is 1. The lowest BCUT2D eigenvalue weighted by atomic mass is 10.2. The number of nitrogens with two attached hydrogens (primary N) is 1. The van der Waals surface area contributed by atoms with Crippen LogP contribution >= 0.6 is 0 Å². The first kappa shape index (κ1) is 10.1. The number of ether oxygens (including phenoxy) is 1. The Morgan fingerprint density at radius 1 is 1.38 bits per heavy atom. The van der Waals surface area contributed by atoms with Crippen molar-refractivity contribution >= 4 is 19.0 Å². The van der Waals surface area contributed by atoms with Crippen LogP contribution in [0.3, 0.4) is 0 Å². The average molecular weight is 216 g/mol. The van der Waals surface area contributed by atoms with Crippen molar-refractivity contribution in [3.05, 3.63) is 41.9 Å². The molecule has 1 heterocycles. The van der Waals surface area contributed by atoms with E-state index in [9.17, 15) is 4.79 Å². The fraction of sp³-hybridized carbons (Fsp3) is 0. The molecule has 80 valence electrons. The maximum atomic E-state index is 10.8. The summed E-state index contributed by atoms with van der Waals surface area (Å²) in [7, 11) is 0. The Morgan fingerprint density at radius 2 is 2.06 bits per heavy atom. The summed E-state index contributed by atoms with van der Waals surface area (Å²) in [4.78, 5) is 14.7. The van der Waals surface area contributed by atoms with Gasteiger partial charge in [0, 0.05) is 5.56 Å². The lowest BCUT2D eigenvalue weighted by Crippen LogP contribution is -2.11. The number of hydrogen-bond donors (Lipinski definition) is 1. The average Bonchev–Trinajstić information content (AvgIpc) is 2.65. The van der Waals surface area contributed by atoms with Gasteiger partial charge in [0.2, 0.25) is 12.1 Å². The first-order chi connectivity index (χ1) is 7.66. The van der Waals surface area contributed by atoms with E-state index >= 15 is 0 Å². The molecule has 0 atom stereocenters. The molecule has 1 aromatic rings. The molecule has 0 bridgehead atoms. The summed E-state index contributed by atoms with van der Waals surface area (Å²) >= 11 is 0. The SMILES string of the molecule is C=[N+]1C=NC=C1Oc1ccc(C(N)=O)cc1. The molecule has 1 aliphatic rings. The van der Waals surface area contributed by atoms with Gasteiger partial charge in [-0.15, -0.1) is 0 Å². The minimum atomic E-state index is -0.464. The third kappa shape index (κ3) is 1.98. The maximum Gasteiger partial charge on any atom is 0.339 e. The molecule has 0 fully saturated rings. The van der Waals surface area contributed by atoms with E-state index in [1.54, 1.807) is 30.5 Å². The van der Waals surface area contributed by atoms with E-state index in [2.05, 4.69) is 11.7 Å². The van der Waals surface area contributed by atoms with E-state index < -0.39 is 5.91 Å². The van der Waals surface area contributed by atoms with Gasteiger partial charge < -0.3 is 10.5 Å². The largest absolute Gasteiger partial charge is 0.420 e. The minimum Gasteiger partial charge on any atom is -0.420 e. The van der Waals surface area contributed by atoms with Crippen molar-refractivity contribution in [3.63, 3.8) is 0 Å². The molecule has 1 aliphatic heterocycles. The second-order valence-electron chi connectivity index (χ2n) is 3.19.